The molecule has 5 heteroatoms. The van der Waals surface area contributed by atoms with Gasteiger partial charge in [0.25, 0.3) is 0 Å². The normalized spacial score (nSPS) is 23.8. The highest BCUT2D eigenvalue weighted by molar-refractivity contribution is 5.73. The van der Waals surface area contributed by atoms with Crippen molar-refractivity contribution in [2.75, 3.05) is 7.11 Å². The van der Waals surface area contributed by atoms with E-state index in [-0.39, 0.29) is 18.0 Å². The molecule has 116 valence electrons. The van der Waals surface area contributed by atoms with Gasteiger partial charge in [-0.2, -0.15) is 0 Å². The van der Waals surface area contributed by atoms with Crippen LogP contribution in [-0.4, -0.2) is 31.4 Å². The summed E-state index contributed by atoms with van der Waals surface area (Å²) in [5, 5.41) is 0. The van der Waals surface area contributed by atoms with Gasteiger partial charge in [0.1, 0.15) is 12.2 Å². The zero-order valence-corrected chi connectivity index (χ0v) is 12.7. The van der Waals surface area contributed by atoms with Crippen LogP contribution in [0.15, 0.2) is 0 Å². The van der Waals surface area contributed by atoms with Crippen LogP contribution in [0.25, 0.3) is 0 Å². The Balaban J connectivity index is 2.51. The molecule has 0 saturated heterocycles. The molecule has 1 rings (SSSR count). The van der Waals surface area contributed by atoms with E-state index in [0.717, 1.165) is 32.1 Å². The van der Waals surface area contributed by atoms with Crippen molar-refractivity contribution in [3.63, 3.8) is 0 Å². The molecule has 3 atom stereocenters. The van der Waals surface area contributed by atoms with Crippen LogP contribution >= 0.6 is 0 Å². The molecule has 1 fully saturated rings. The molecule has 0 amide bonds. The average Bonchev–Trinajstić information content (AvgIpc) is 2.46. The standard InChI is InChI=1S/C15H26O5/c1-4-8-11(5-2)19-15(17)20-13-10-7-6-9-12(13)14(16)18-3/h11-13H,4-10H2,1-3H3. The second-order valence-electron chi connectivity index (χ2n) is 5.26. The topological polar surface area (TPSA) is 61.8 Å². The van der Waals surface area contributed by atoms with Gasteiger partial charge in [-0.15, -0.1) is 0 Å². The Labute approximate surface area is 121 Å². The van der Waals surface area contributed by atoms with Gasteiger partial charge in [0.2, 0.25) is 0 Å². The minimum atomic E-state index is -0.661. The largest absolute Gasteiger partial charge is 0.508 e. The molecular formula is C15H26O5. The fraction of sp³-hybridized carbons (Fsp3) is 0.867. The van der Waals surface area contributed by atoms with Crippen molar-refractivity contribution in [1.29, 1.82) is 0 Å². The second-order valence-corrected chi connectivity index (χ2v) is 5.26. The number of rotatable bonds is 6. The summed E-state index contributed by atoms with van der Waals surface area (Å²) < 4.78 is 15.4. The highest BCUT2D eigenvalue weighted by Gasteiger charge is 2.35. The van der Waals surface area contributed by atoms with Crippen LogP contribution in [0.5, 0.6) is 0 Å². The first kappa shape index (κ1) is 16.8. The molecule has 3 unspecified atom stereocenters. The SMILES string of the molecule is CCCC(CC)OC(=O)OC1CCCCC1C(=O)OC. The van der Waals surface area contributed by atoms with Crippen molar-refractivity contribution in [2.45, 2.75) is 71.0 Å². The molecular weight excluding hydrogens is 260 g/mol. The summed E-state index contributed by atoms with van der Waals surface area (Å²) in [5.41, 5.74) is 0. The van der Waals surface area contributed by atoms with Gasteiger partial charge >= 0.3 is 12.1 Å². The van der Waals surface area contributed by atoms with E-state index in [2.05, 4.69) is 0 Å². The van der Waals surface area contributed by atoms with Crippen LogP contribution in [0.1, 0.15) is 58.8 Å². The van der Waals surface area contributed by atoms with Crippen molar-refractivity contribution in [1.82, 2.24) is 0 Å². The van der Waals surface area contributed by atoms with E-state index < -0.39 is 12.3 Å². The minimum absolute atomic E-state index is 0.104. The Kier molecular flexibility index (Phi) is 7.41. The maximum absolute atomic E-state index is 11.8. The van der Waals surface area contributed by atoms with Gasteiger partial charge in [-0.25, -0.2) is 4.79 Å². The van der Waals surface area contributed by atoms with Gasteiger partial charge in [-0.1, -0.05) is 26.7 Å². The summed E-state index contributed by atoms with van der Waals surface area (Å²) in [6, 6.07) is 0. The Morgan fingerprint density at radius 3 is 2.50 bits per heavy atom. The van der Waals surface area contributed by atoms with E-state index in [1.54, 1.807) is 0 Å². The lowest BCUT2D eigenvalue weighted by Gasteiger charge is -2.29. The Morgan fingerprint density at radius 1 is 1.20 bits per heavy atom. The van der Waals surface area contributed by atoms with E-state index in [4.69, 9.17) is 14.2 Å². The monoisotopic (exact) mass is 286 g/mol. The van der Waals surface area contributed by atoms with Crippen LogP contribution in [0.2, 0.25) is 0 Å². The lowest BCUT2D eigenvalue weighted by atomic mass is 9.86. The molecule has 5 nitrogen and oxygen atoms in total. The van der Waals surface area contributed by atoms with Crippen LogP contribution < -0.4 is 0 Å². The average molecular weight is 286 g/mol. The number of carbonyl (C=O) groups excluding carboxylic acids is 2. The van der Waals surface area contributed by atoms with Crippen molar-refractivity contribution >= 4 is 12.1 Å². The van der Waals surface area contributed by atoms with Gasteiger partial charge in [-0.05, 0) is 32.1 Å². The molecule has 0 heterocycles. The summed E-state index contributed by atoms with van der Waals surface area (Å²) in [6.07, 6.45) is 4.70. The molecule has 20 heavy (non-hydrogen) atoms. The third-order valence-electron chi connectivity index (χ3n) is 3.78. The van der Waals surface area contributed by atoms with Crippen LogP contribution in [0, 0.1) is 5.92 Å². The van der Waals surface area contributed by atoms with Crippen molar-refractivity contribution in [3.05, 3.63) is 0 Å². The first-order valence-electron chi connectivity index (χ1n) is 7.57. The smallest absolute Gasteiger partial charge is 0.469 e. The third kappa shape index (κ3) is 5.02. The molecule has 1 aliphatic carbocycles. The van der Waals surface area contributed by atoms with Gasteiger partial charge in [0, 0.05) is 0 Å². The molecule has 0 N–H and O–H groups in total. The van der Waals surface area contributed by atoms with E-state index in [9.17, 15) is 9.59 Å². The maximum atomic E-state index is 11.8. The molecule has 0 radical (unpaired) electrons. The van der Waals surface area contributed by atoms with Gasteiger partial charge < -0.3 is 14.2 Å². The lowest BCUT2D eigenvalue weighted by molar-refractivity contribution is -0.152. The highest BCUT2D eigenvalue weighted by Crippen LogP contribution is 2.28. The second kappa shape index (κ2) is 8.82. The summed E-state index contributed by atoms with van der Waals surface area (Å²) in [4.78, 5) is 23.5. The van der Waals surface area contributed by atoms with Crippen molar-refractivity contribution in [3.8, 4) is 0 Å². The minimum Gasteiger partial charge on any atom is -0.469 e. The molecule has 0 aromatic carbocycles. The first-order valence-corrected chi connectivity index (χ1v) is 7.57. The molecule has 0 spiro atoms. The van der Waals surface area contributed by atoms with Crippen LogP contribution in [0.3, 0.4) is 0 Å². The fourth-order valence-electron chi connectivity index (χ4n) is 2.61. The summed E-state index contributed by atoms with van der Waals surface area (Å²) in [5.74, 6) is -0.657. The van der Waals surface area contributed by atoms with Gasteiger partial charge in [-0.3, -0.25) is 4.79 Å². The summed E-state index contributed by atoms with van der Waals surface area (Å²) in [7, 11) is 1.36. The maximum Gasteiger partial charge on any atom is 0.508 e. The zero-order valence-electron chi connectivity index (χ0n) is 12.7. The lowest BCUT2D eigenvalue weighted by Crippen LogP contribution is -2.36. The van der Waals surface area contributed by atoms with E-state index >= 15 is 0 Å². The van der Waals surface area contributed by atoms with Gasteiger partial charge in [0.05, 0.1) is 13.0 Å². The quantitative estimate of drug-likeness (QED) is 0.700. The van der Waals surface area contributed by atoms with Crippen molar-refractivity contribution < 1.29 is 23.8 Å². The zero-order chi connectivity index (χ0) is 15.0. The molecule has 0 aromatic heterocycles. The number of hydrogen-bond acceptors (Lipinski definition) is 5. The molecule has 0 bridgehead atoms. The number of ether oxygens (including phenoxy) is 3. The van der Waals surface area contributed by atoms with E-state index in [1.807, 2.05) is 13.8 Å². The van der Waals surface area contributed by atoms with E-state index in [0.29, 0.717) is 12.8 Å². The Morgan fingerprint density at radius 2 is 1.90 bits per heavy atom. The molecule has 0 aliphatic heterocycles. The first-order chi connectivity index (χ1) is 9.62. The van der Waals surface area contributed by atoms with Crippen LogP contribution in [-0.2, 0) is 19.0 Å². The van der Waals surface area contributed by atoms with Crippen molar-refractivity contribution in [2.24, 2.45) is 5.92 Å². The number of carbonyl (C=O) groups is 2. The third-order valence-corrected chi connectivity index (χ3v) is 3.78. The summed E-state index contributed by atoms with van der Waals surface area (Å²) >= 11 is 0. The molecule has 1 aliphatic rings. The number of hydrogen-bond donors (Lipinski definition) is 0. The Bertz CT molecular complexity index is 315. The van der Waals surface area contributed by atoms with E-state index in [1.165, 1.54) is 7.11 Å². The van der Waals surface area contributed by atoms with Crippen LogP contribution in [0.4, 0.5) is 4.79 Å². The summed E-state index contributed by atoms with van der Waals surface area (Å²) in [6.45, 7) is 4.03. The predicted molar refractivity (Wildman–Crippen MR) is 74.3 cm³/mol. The molecule has 0 aromatic rings. The fourth-order valence-corrected chi connectivity index (χ4v) is 2.61. The Hall–Kier alpha value is -1.26. The highest BCUT2D eigenvalue weighted by atomic mass is 16.7. The predicted octanol–water partition coefficient (Wildman–Crippen LogP) is 3.45. The number of methoxy groups -OCH3 is 1. The van der Waals surface area contributed by atoms with Gasteiger partial charge in [0.15, 0.2) is 0 Å². The molecule has 1 saturated carbocycles. The number of esters is 1.